The van der Waals surface area contributed by atoms with Crippen molar-refractivity contribution < 1.29 is 13.2 Å². The van der Waals surface area contributed by atoms with Crippen molar-refractivity contribution in [2.75, 3.05) is 5.32 Å². The molecule has 0 fully saturated rings. The van der Waals surface area contributed by atoms with Gasteiger partial charge in [0.1, 0.15) is 0 Å². The molecule has 2 aromatic carbocycles. The quantitative estimate of drug-likeness (QED) is 0.506. The van der Waals surface area contributed by atoms with Crippen molar-refractivity contribution >= 4 is 50.9 Å². The van der Waals surface area contributed by atoms with Gasteiger partial charge in [0.05, 0.1) is 14.9 Å². The highest BCUT2D eigenvalue weighted by atomic mass is 35.5. The van der Waals surface area contributed by atoms with E-state index < -0.39 is 10.0 Å². The van der Waals surface area contributed by atoms with Crippen LogP contribution in [0, 0.1) is 0 Å². The van der Waals surface area contributed by atoms with Crippen molar-refractivity contribution in [1.29, 1.82) is 0 Å². The van der Waals surface area contributed by atoms with Crippen LogP contribution in [0.3, 0.4) is 0 Å². The van der Waals surface area contributed by atoms with Crippen molar-refractivity contribution in [1.82, 2.24) is 9.71 Å². The lowest BCUT2D eigenvalue weighted by molar-refractivity contribution is -0.111. The molecule has 1 aromatic heterocycles. The van der Waals surface area contributed by atoms with Crippen LogP contribution in [0.2, 0.25) is 10.0 Å². The minimum Gasteiger partial charge on any atom is -0.323 e. The largest absolute Gasteiger partial charge is 0.323 e. The molecule has 0 atom stereocenters. The standard InChI is InChI=1S/C21H17Cl2N3O3S/c22-19-7-1-16(13-20(19)23)14-25-30(28,29)18-5-3-17(4-6-18)26-21(27)8-2-15-9-11-24-12-10-15/h1-13,25H,14H2,(H,26,27)/b8-2+. The number of carbonyl (C=O) groups excluding carboxylic acids is 1. The Hall–Kier alpha value is -2.71. The Morgan fingerprint density at radius 2 is 1.67 bits per heavy atom. The van der Waals surface area contributed by atoms with Gasteiger partial charge in [0.2, 0.25) is 15.9 Å². The predicted octanol–water partition coefficient (Wildman–Crippen LogP) is 4.52. The van der Waals surface area contributed by atoms with E-state index in [0.717, 1.165) is 5.56 Å². The normalized spacial score (nSPS) is 11.5. The molecule has 2 N–H and O–H groups in total. The summed E-state index contributed by atoms with van der Waals surface area (Å²) in [5.41, 5.74) is 2.00. The van der Waals surface area contributed by atoms with Crippen LogP contribution in [-0.4, -0.2) is 19.3 Å². The van der Waals surface area contributed by atoms with Gasteiger partial charge in [-0.25, -0.2) is 13.1 Å². The van der Waals surface area contributed by atoms with Gasteiger partial charge >= 0.3 is 0 Å². The zero-order valence-corrected chi connectivity index (χ0v) is 17.9. The number of rotatable bonds is 7. The number of anilines is 1. The van der Waals surface area contributed by atoms with Gasteiger partial charge in [0.25, 0.3) is 0 Å². The average molecular weight is 462 g/mol. The third-order valence-electron chi connectivity index (χ3n) is 4.02. The van der Waals surface area contributed by atoms with E-state index >= 15 is 0 Å². The Morgan fingerprint density at radius 3 is 2.33 bits per heavy atom. The van der Waals surface area contributed by atoms with Crippen LogP contribution in [0.25, 0.3) is 6.08 Å². The number of nitrogens with zero attached hydrogens (tertiary/aromatic N) is 1. The molecule has 0 aliphatic heterocycles. The van der Waals surface area contributed by atoms with Crippen molar-refractivity contribution in [3.8, 4) is 0 Å². The zero-order chi connectivity index (χ0) is 21.6. The first-order chi connectivity index (χ1) is 14.3. The van der Waals surface area contributed by atoms with Crippen molar-refractivity contribution in [2.45, 2.75) is 11.4 Å². The minimum atomic E-state index is -3.73. The lowest BCUT2D eigenvalue weighted by atomic mass is 10.2. The number of carbonyl (C=O) groups is 1. The molecular formula is C21H17Cl2N3O3S. The molecule has 30 heavy (non-hydrogen) atoms. The first-order valence-corrected chi connectivity index (χ1v) is 11.0. The fourth-order valence-corrected chi connectivity index (χ4v) is 3.80. The van der Waals surface area contributed by atoms with E-state index in [2.05, 4.69) is 15.0 Å². The van der Waals surface area contributed by atoms with E-state index in [0.29, 0.717) is 21.3 Å². The molecule has 0 unspecified atom stereocenters. The van der Waals surface area contributed by atoms with Gasteiger partial charge in [-0.05, 0) is 65.7 Å². The summed E-state index contributed by atoms with van der Waals surface area (Å²) >= 11 is 11.8. The van der Waals surface area contributed by atoms with Gasteiger partial charge in [0.15, 0.2) is 0 Å². The monoisotopic (exact) mass is 461 g/mol. The Kier molecular flexibility index (Phi) is 7.23. The molecule has 0 bridgehead atoms. The van der Waals surface area contributed by atoms with E-state index in [1.54, 1.807) is 48.8 Å². The van der Waals surface area contributed by atoms with Gasteiger partial charge in [-0.15, -0.1) is 0 Å². The van der Waals surface area contributed by atoms with Gasteiger partial charge in [0, 0.05) is 30.7 Å². The summed E-state index contributed by atoms with van der Waals surface area (Å²) in [5.74, 6) is -0.333. The van der Waals surface area contributed by atoms with Gasteiger partial charge in [-0.1, -0.05) is 29.3 Å². The molecule has 0 radical (unpaired) electrons. The summed E-state index contributed by atoms with van der Waals surface area (Å²) < 4.78 is 27.5. The molecule has 3 aromatic rings. The van der Waals surface area contributed by atoms with E-state index in [9.17, 15) is 13.2 Å². The Balaban J connectivity index is 1.60. The first-order valence-electron chi connectivity index (χ1n) is 8.76. The molecule has 3 rings (SSSR count). The highest BCUT2D eigenvalue weighted by Gasteiger charge is 2.14. The number of hydrogen-bond acceptors (Lipinski definition) is 4. The van der Waals surface area contributed by atoms with Crippen molar-refractivity contribution in [2.24, 2.45) is 0 Å². The van der Waals surface area contributed by atoms with Crippen LogP contribution in [-0.2, 0) is 21.4 Å². The maximum Gasteiger partial charge on any atom is 0.248 e. The third kappa shape index (κ3) is 6.14. The summed E-state index contributed by atoms with van der Waals surface area (Å²) in [6, 6.07) is 14.3. The molecule has 9 heteroatoms. The molecule has 0 saturated carbocycles. The third-order valence-corrected chi connectivity index (χ3v) is 6.17. The molecule has 0 aliphatic rings. The van der Waals surface area contributed by atoms with Crippen LogP contribution < -0.4 is 10.0 Å². The number of benzene rings is 2. The molecule has 154 valence electrons. The highest BCUT2D eigenvalue weighted by molar-refractivity contribution is 7.89. The second kappa shape index (κ2) is 9.86. The lowest BCUT2D eigenvalue weighted by Crippen LogP contribution is -2.23. The summed E-state index contributed by atoms with van der Waals surface area (Å²) in [7, 11) is -3.73. The molecule has 0 saturated heterocycles. The Labute approximate surface area is 184 Å². The second-order valence-electron chi connectivity index (χ2n) is 6.20. The Morgan fingerprint density at radius 1 is 0.967 bits per heavy atom. The van der Waals surface area contributed by atoms with Crippen molar-refractivity contribution in [3.05, 3.63) is 94.2 Å². The van der Waals surface area contributed by atoms with Crippen LogP contribution in [0.1, 0.15) is 11.1 Å². The maximum absolute atomic E-state index is 12.5. The molecular weight excluding hydrogens is 445 g/mol. The highest BCUT2D eigenvalue weighted by Crippen LogP contribution is 2.23. The molecule has 1 heterocycles. The molecule has 0 spiro atoms. The molecule has 1 amide bonds. The van der Waals surface area contributed by atoms with Crippen LogP contribution in [0.5, 0.6) is 0 Å². The fraction of sp³-hybridized carbons (Fsp3) is 0.0476. The summed E-state index contributed by atoms with van der Waals surface area (Å²) in [6.45, 7) is 0.0670. The SMILES string of the molecule is O=C(/C=C/c1ccncc1)Nc1ccc(S(=O)(=O)NCc2ccc(Cl)c(Cl)c2)cc1. The topological polar surface area (TPSA) is 88.2 Å². The van der Waals surface area contributed by atoms with E-state index in [1.807, 2.05) is 0 Å². The maximum atomic E-state index is 12.5. The smallest absolute Gasteiger partial charge is 0.248 e. The fourth-order valence-electron chi connectivity index (χ4n) is 2.46. The zero-order valence-electron chi connectivity index (χ0n) is 15.5. The Bertz CT molecular complexity index is 1170. The lowest BCUT2D eigenvalue weighted by Gasteiger charge is -2.09. The number of aromatic nitrogens is 1. The number of pyridine rings is 1. The number of halogens is 2. The van der Waals surface area contributed by atoms with Crippen LogP contribution in [0.15, 0.2) is 78.0 Å². The minimum absolute atomic E-state index is 0.0670. The first kappa shape index (κ1) is 22.0. The second-order valence-corrected chi connectivity index (χ2v) is 8.78. The number of amides is 1. The van der Waals surface area contributed by atoms with E-state index in [1.165, 1.54) is 30.3 Å². The van der Waals surface area contributed by atoms with Crippen LogP contribution >= 0.6 is 23.2 Å². The average Bonchev–Trinajstić information content (AvgIpc) is 2.74. The molecule has 6 nitrogen and oxygen atoms in total. The van der Waals surface area contributed by atoms with E-state index in [-0.39, 0.29) is 17.3 Å². The van der Waals surface area contributed by atoms with Gasteiger partial charge in [-0.2, -0.15) is 0 Å². The van der Waals surface area contributed by atoms with Gasteiger partial charge in [-0.3, -0.25) is 9.78 Å². The molecule has 0 aliphatic carbocycles. The number of nitrogens with one attached hydrogen (secondary N) is 2. The summed E-state index contributed by atoms with van der Waals surface area (Å²) in [6.07, 6.45) is 6.31. The number of sulfonamides is 1. The number of hydrogen-bond donors (Lipinski definition) is 2. The summed E-state index contributed by atoms with van der Waals surface area (Å²) in [4.78, 5) is 16.0. The van der Waals surface area contributed by atoms with Crippen LogP contribution in [0.4, 0.5) is 5.69 Å². The van der Waals surface area contributed by atoms with Gasteiger partial charge < -0.3 is 5.32 Å². The predicted molar refractivity (Wildman–Crippen MR) is 119 cm³/mol. The van der Waals surface area contributed by atoms with Crippen molar-refractivity contribution in [3.63, 3.8) is 0 Å². The van der Waals surface area contributed by atoms with E-state index in [4.69, 9.17) is 23.2 Å². The summed E-state index contributed by atoms with van der Waals surface area (Å²) in [5, 5.41) is 3.43.